The van der Waals surface area contributed by atoms with Crippen LogP contribution in [0.4, 0.5) is 5.69 Å². The van der Waals surface area contributed by atoms with Gasteiger partial charge in [-0.25, -0.2) is 4.79 Å². The number of rotatable bonds is 8. The number of carbonyl (C=O) groups excluding carboxylic acids is 2. The second kappa shape index (κ2) is 10.2. The molecule has 1 amide bonds. The first-order valence-electron chi connectivity index (χ1n) is 9.63. The summed E-state index contributed by atoms with van der Waals surface area (Å²) in [4.78, 5) is 39.5. The minimum atomic E-state index is -0.704. The lowest BCUT2D eigenvalue weighted by atomic mass is 9.89. The minimum absolute atomic E-state index is 0.00489. The molecule has 0 saturated heterocycles. The first-order valence-corrected chi connectivity index (χ1v) is 9.63. The Kier molecular flexibility index (Phi) is 7.92. The number of nitro benzene ring substituents is 1. The van der Waals surface area contributed by atoms with Crippen molar-refractivity contribution in [2.75, 3.05) is 40.8 Å². The molecule has 8 heteroatoms. The molecule has 1 saturated carbocycles. The number of hydrogen-bond donors (Lipinski definition) is 0. The summed E-state index contributed by atoms with van der Waals surface area (Å²) in [6.07, 6.45) is 5.76. The molecule has 0 unspecified atom stereocenters. The van der Waals surface area contributed by atoms with E-state index in [0.717, 1.165) is 18.9 Å². The van der Waals surface area contributed by atoms with Crippen molar-refractivity contribution < 1.29 is 19.2 Å². The van der Waals surface area contributed by atoms with Gasteiger partial charge >= 0.3 is 5.97 Å². The molecule has 154 valence electrons. The van der Waals surface area contributed by atoms with Crippen LogP contribution in [0.1, 0.15) is 52.8 Å². The summed E-state index contributed by atoms with van der Waals surface area (Å²) in [5, 5.41) is 11.3. The lowest BCUT2D eigenvalue weighted by Gasteiger charge is -2.30. The van der Waals surface area contributed by atoms with Gasteiger partial charge in [0, 0.05) is 37.3 Å². The molecular weight excluding hydrogens is 362 g/mol. The van der Waals surface area contributed by atoms with Crippen LogP contribution in [-0.2, 0) is 4.74 Å². The number of ether oxygens (including phenoxy) is 1. The van der Waals surface area contributed by atoms with Crippen molar-refractivity contribution in [1.29, 1.82) is 0 Å². The number of amides is 1. The Labute approximate surface area is 165 Å². The third-order valence-electron chi connectivity index (χ3n) is 5.10. The van der Waals surface area contributed by atoms with E-state index < -0.39 is 10.9 Å². The van der Waals surface area contributed by atoms with Gasteiger partial charge in [-0.15, -0.1) is 0 Å². The lowest BCUT2D eigenvalue weighted by Crippen LogP contribution is -2.40. The largest absolute Gasteiger partial charge is 0.465 e. The molecule has 1 fully saturated rings. The summed E-state index contributed by atoms with van der Waals surface area (Å²) in [7, 11) is 5.08. The summed E-state index contributed by atoms with van der Waals surface area (Å²) < 4.78 is 4.67. The predicted molar refractivity (Wildman–Crippen MR) is 105 cm³/mol. The van der Waals surface area contributed by atoms with Gasteiger partial charge < -0.3 is 14.5 Å². The summed E-state index contributed by atoms with van der Waals surface area (Å²) in [6, 6.07) is 3.75. The number of esters is 1. The molecule has 1 aliphatic rings. The Morgan fingerprint density at radius 1 is 1.11 bits per heavy atom. The van der Waals surface area contributed by atoms with Gasteiger partial charge in [0.2, 0.25) is 0 Å². The molecule has 1 aliphatic carbocycles. The number of benzene rings is 1. The fourth-order valence-corrected chi connectivity index (χ4v) is 3.54. The maximum Gasteiger partial charge on any atom is 0.338 e. The normalized spacial score (nSPS) is 14.7. The number of hydrogen-bond acceptors (Lipinski definition) is 6. The van der Waals surface area contributed by atoms with E-state index in [4.69, 9.17) is 0 Å². The van der Waals surface area contributed by atoms with E-state index in [9.17, 15) is 19.7 Å². The average molecular weight is 391 g/mol. The summed E-state index contributed by atoms with van der Waals surface area (Å²) in [5.41, 5.74) is -0.147. The maximum absolute atomic E-state index is 13.2. The third kappa shape index (κ3) is 6.02. The maximum atomic E-state index is 13.2. The molecule has 0 aromatic heterocycles. The molecule has 8 nitrogen and oxygen atoms in total. The van der Waals surface area contributed by atoms with E-state index in [0.29, 0.717) is 25.6 Å². The van der Waals surface area contributed by atoms with Crippen molar-refractivity contribution in [1.82, 2.24) is 9.80 Å². The molecule has 0 aliphatic heterocycles. The second-order valence-electron chi connectivity index (χ2n) is 7.58. The number of carbonyl (C=O) groups is 2. The first-order chi connectivity index (χ1) is 13.3. The fraction of sp³-hybridized carbons (Fsp3) is 0.600. The van der Waals surface area contributed by atoms with Crippen LogP contribution in [0, 0.1) is 16.0 Å². The lowest BCUT2D eigenvalue weighted by molar-refractivity contribution is -0.384. The molecular formula is C20H29N3O5. The van der Waals surface area contributed by atoms with Crippen LogP contribution in [0.3, 0.4) is 0 Å². The zero-order valence-corrected chi connectivity index (χ0v) is 16.8. The third-order valence-corrected chi connectivity index (χ3v) is 5.10. The highest BCUT2D eigenvalue weighted by molar-refractivity contribution is 5.99. The van der Waals surface area contributed by atoms with Gasteiger partial charge in [-0.2, -0.15) is 0 Å². The van der Waals surface area contributed by atoms with E-state index in [-0.39, 0.29) is 22.7 Å². The molecule has 1 aromatic carbocycles. The average Bonchev–Trinajstić information content (AvgIpc) is 2.70. The molecule has 0 bridgehead atoms. The van der Waals surface area contributed by atoms with Crippen LogP contribution < -0.4 is 0 Å². The molecule has 0 heterocycles. The quantitative estimate of drug-likeness (QED) is 0.384. The van der Waals surface area contributed by atoms with Crippen LogP contribution in [0.5, 0.6) is 0 Å². The monoisotopic (exact) mass is 391 g/mol. The summed E-state index contributed by atoms with van der Waals surface area (Å²) >= 11 is 0. The van der Waals surface area contributed by atoms with Crippen LogP contribution in [0.25, 0.3) is 0 Å². The van der Waals surface area contributed by atoms with Gasteiger partial charge in [-0.1, -0.05) is 19.3 Å². The van der Waals surface area contributed by atoms with Crippen molar-refractivity contribution in [3.05, 3.63) is 39.4 Å². The Hall–Kier alpha value is -2.48. The standard InChI is InChI=1S/C20H29N3O5/c1-21(2)9-10-22(14-15-7-5-4-6-8-15)19(24)16-11-17(20(25)28-3)13-18(12-16)23(26)27/h11-13,15H,4-10,14H2,1-3H3. The van der Waals surface area contributed by atoms with Crippen molar-refractivity contribution in [2.45, 2.75) is 32.1 Å². The van der Waals surface area contributed by atoms with Crippen molar-refractivity contribution in [2.24, 2.45) is 5.92 Å². The number of non-ortho nitro benzene ring substituents is 1. The summed E-state index contributed by atoms with van der Waals surface area (Å²) in [6.45, 7) is 1.85. The number of methoxy groups -OCH3 is 1. The molecule has 1 aromatic rings. The first kappa shape index (κ1) is 21.8. The Bertz CT molecular complexity index is 714. The van der Waals surface area contributed by atoms with Crippen molar-refractivity contribution in [3.8, 4) is 0 Å². The van der Waals surface area contributed by atoms with Gasteiger partial charge in [0.05, 0.1) is 17.6 Å². The Balaban J connectivity index is 2.30. The SMILES string of the molecule is COC(=O)c1cc(C(=O)N(CCN(C)C)CC2CCCCC2)cc([N+](=O)[O-])c1. The van der Waals surface area contributed by atoms with Gasteiger partial charge in [0.25, 0.3) is 11.6 Å². The van der Waals surface area contributed by atoms with Crippen LogP contribution in [-0.4, -0.2) is 67.4 Å². The number of nitrogens with zero attached hydrogens (tertiary/aromatic N) is 3. The number of likely N-dealkylation sites (N-methyl/N-ethyl adjacent to an activating group) is 1. The van der Waals surface area contributed by atoms with Crippen LogP contribution >= 0.6 is 0 Å². The topological polar surface area (TPSA) is 93.0 Å². The molecule has 0 spiro atoms. The predicted octanol–water partition coefficient (Wildman–Crippen LogP) is 2.97. The second-order valence-corrected chi connectivity index (χ2v) is 7.58. The van der Waals surface area contributed by atoms with Gasteiger partial charge in [0.1, 0.15) is 0 Å². The van der Waals surface area contributed by atoms with E-state index in [1.807, 2.05) is 19.0 Å². The highest BCUT2D eigenvalue weighted by atomic mass is 16.6. The van der Waals surface area contributed by atoms with Crippen molar-refractivity contribution >= 4 is 17.6 Å². The Morgan fingerprint density at radius 3 is 2.32 bits per heavy atom. The smallest absolute Gasteiger partial charge is 0.338 e. The fourth-order valence-electron chi connectivity index (χ4n) is 3.54. The van der Waals surface area contributed by atoms with E-state index in [2.05, 4.69) is 4.74 Å². The van der Waals surface area contributed by atoms with Gasteiger partial charge in [-0.3, -0.25) is 14.9 Å². The van der Waals surface area contributed by atoms with E-state index in [1.165, 1.54) is 38.5 Å². The molecule has 0 atom stereocenters. The van der Waals surface area contributed by atoms with Gasteiger partial charge in [-0.05, 0) is 38.9 Å². The minimum Gasteiger partial charge on any atom is -0.465 e. The molecule has 28 heavy (non-hydrogen) atoms. The Morgan fingerprint density at radius 2 is 1.75 bits per heavy atom. The van der Waals surface area contributed by atoms with Gasteiger partial charge in [0.15, 0.2) is 0 Å². The van der Waals surface area contributed by atoms with Crippen LogP contribution in [0.15, 0.2) is 18.2 Å². The molecule has 2 rings (SSSR count). The van der Waals surface area contributed by atoms with E-state index >= 15 is 0 Å². The molecule has 0 radical (unpaired) electrons. The van der Waals surface area contributed by atoms with Crippen molar-refractivity contribution in [3.63, 3.8) is 0 Å². The highest BCUT2D eigenvalue weighted by Gasteiger charge is 2.25. The number of nitro groups is 1. The highest BCUT2D eigenvalue weighted by Crippen LogP contribution is 2.26. The molecule has 0 N–H and O–H groups in total. The van der Waals surface area contributed by atoms with E-state index in [1.54, 1.807) is 4.90 Å². The zero-order chi connectivity index (χ0) is 20.7. The zero-order valence-electron chi connectivity index (χ0n) is 16.8. The van der Waals surface area contributed by atoms with Crippen LogP contribution in [0.2, 0.25) is 0 Å². The summed E-state index contributed by atoms with van der Waals surface area (Å²) in [5.74, 6) is -0.551.